The van der Waals surface area contributed by atoms with E-state index in [2.05, 4.69) is 5.32 Å². The van der Waals surface area contributed by atoms with Crippen LogP contribution in [0.1, 0.15) is 109 Å². The number of alkyl halides is 24. The van der Waals surface area contributed by atoms with E-state index in [9.17, 15) is 105 Å². The molecule has 2 N–H and O–H groups in total. The average Bonchev–Trinajstić information content (AvgIpc) is 3.22. The zero-order valence-corrected chi connectivity index (χ0v) is 35.4. The lowest BCUT2D eigenvalue weighted by Crippen LogP contribution is -2.95. The molecule has 0 saturated heterocycles. The number of quaternary nitrogens is 1. The molecule has 4 aromatic carbocycles. The second-order valence-corrected chi connectivity index (χ2v) is 17.2. The SMILES string of the molecule is C1CCC([NH2+]C2CCCCC2)CC1.FC(F)(F)c1cc([B-](c2cc(C(F)(F)F)cc(C(F)(F)F)c2)(c2cc(C(F)(F)F)cc(C(F)(F)F)c2)c2cc(C(F)(F)F)cc(C(F)(F)F)c2)cc(C(F)(F)F)c1. The fraction of sp³-hybridized carbons (Fsp3) is 0.455. The molecule has 70 heavy (non-hydrogen) atoms. The van der Waals surface area contributed by atoms with E-state index in [-0.39, 0.29) is 0 Å². The topological polar surface area (TPSA) is 16.6 Å². The van der Waals surface area contributed by atoms with Crippen molar-refractivity contribution in [1.29, 1.82) is 0 Å². The summed E-state index contributed by atoms with van der Waals surface area (Å²) in [4.78, 5) is 0. The van der Waals surface area contributed by atoms with Crippen molar-refractivity contribution in [3.63, 3.8) is 0 Å². The fourth-order valence-corrected chi connectivity index (χ4v) is 9.11. The van der Waals surface area contributed by atoms with Gasteiger partial charge in [0.15, 0.2) is 0 Å². The summed E-state index contributed by atoms with van der Waals surface area (Å²) in [6.07, 6.45) is -39.9. The zero-order chi connectivity index (χ0) is 52.8. The minimum Gasteiger partial charge on any atom is -0.341 e. The first-order chi connectivity index (χ1) is 31.7. The van der Waals surface area contributed by atoms with Crippen molar-refractivity contribution in [3.8, 4) is 0 Å². The molecule has 26 heteroatoms. The number of benzene rings is 4. The van der Waals surface area contributed by atoms with Gasteiger partial charge < -0.3 is 5.32 Å². The van der Waals surface area contributed by atoms with Crippen LogP contribution in [-0.2, 0) is 49.4 Å². The molecule has 1 nitrogen and oxygen atoms in total. The lowest BCUT2D eigenvalue weighted by molar-refractivity contribution is -0.725. The van der Waals surface area contributed by atoms with Gasteiger partial charge in [0, 0.05) is 0 Å². The monoisotopic (exact) mass is 1050 g/mol. The van der Waals surface area contributed by atoms with Crippen molar-refractivity contribution in [2.75, 3.05) is 0 Å². The third-order valence-corrected chi connectivity index (χ3v) is 12.3. The molecule has 0 atom stereocenters. The molecule has 4 aromatic rings. The van der Waals surface area contributed by atoms with Gasteiger partial charge in [-0.25, -0.2) is 0 Å². The summed E-state index contributed by atoms with van der Waals surface area (Å²) in [5.41, 5.74) is -30.2. The van der Waals surface area contributed by atoms with Crippen LogP contribution in [0, 0.1) is 0 Å². The van der Waals surface area contributed by atoms with Crippen molar-refractivity contribution in [3.05, 3.63) is 117 Å². The van der Waals surface area contributed by atoms with Crippen LogP contribution in [-0.4, -0.2) is 18.2 Å². The van der Waals surface area contributed by atoms with Gasteiger partial charge in [-0.1, -0.05) is 61.4 Å². The van der Waals surface area contributed by atoms with Crippen LogP contribution < -0.4 is 27.2 Å². The third kappa shape index (κ3) is 13.4. The molecule has 2 fully saturated rings. The molecule has 0 radical (unpaired) electrons. The number of rotatable bonds is 6. The smallest absolute Gasteiger partial charge is 0.341 e. The van der Waals surface area contributed by atoms with Gasteiger partial charge in [0.05, 0.1) is 56.6 Å². The Balaban J connectivity index is 0.000000600. The second-order valence-electron chi connectivity index (χ2n) is 17.2. The highest BCUT2D eigenvalue weighted by Gasteiger charge is 2.47. The average molecular weight is 1050 g/mol. The van der Waals surface area contributed by atoms with E-state index in [1.807, 2.05) is 0 Å². The first-order valence-electron chi connectivity index (χ1n) is 20.9. The van der Waals surface area contributed by atoms with E-state index in [1.165, 1.54) is 64.2 Å². The van der Waals surface area contributed by atoms with Crippen LogP contribution in [0.2, 0.25) is 0 Å². The van der Waals surface area contributed by atoms with Crippen molar-refractivity contribution in [2.24, 2.45) is 0 Å². The maximum atomic E-state index is 14.2. The molecular formula is C44H36BF24N. The summed E-state index contributed by atoms with van der Waals surface area (Å²) in [5, 5.41) is 2.72. The summed E-state index contributed by atoms with van der Waals surface area (Å²) in [6, 6.07) is -6.82. The lowest BCUT2D eigenvalue weighted by Gasteiger charge is -2.46. The largest absolute Gasteiger partial charge is 0.416 e. The van der Waals surface area contributed by atoms with E-state index >= 15 is 0 Å². The molecular weight excluding hydrogens is 1010 g/mol. The van der Waals surface area contributed by atoms with Gasteiger partial charge in [-0.3, -0.25) is 0 Å². The highest BCUT2D eigenvalue weighted by atomic mass is 19.4. The van der Waals surface area contributed by atoms with Crippen LogP contribution in [0.3, 0.4) is 0 Å². The van der Waals surface area contributed by atoms with E-state index < -0.39 is 195 Å². The Labute approximate surface area is 381 Å². The highest BCUT2D eigenvalue weighted by Crippen LogP contribution is 2.41. The summed E-state index contributed by atoms with van der Waals surface area (Å²) in [6.45, 7) is 0. The van der Waals surface area contributed by atoms with Crippen LogP contribution in [0.25, 0.3) is 0 Å². The van der Waals surface area contributed by atoms with E-state index in [4.69, 9.17) is 0 Å². The van der Waals surface area contributed by atoms with Gasteiger partial charge in [-0.05, 0) is 75.6 Å². The number of hydrogen-bond donors (Lipinski definition) is 1. The van der Waals surface area contributed by atoms with E-state index in [0.29, 0.717) is 0 Å². The Morgan fingerprint density at radius 1 is 0.257 bits per heavy atom. The second kappa shape index (κ2) is 19.7. The molecule has 0 aromatic heterocycles. The minimum absolute atomic E-state index is 0.691. The lowest BCUT2D eigenvalue weighted by atomic mass is 9.12. The zero-order valence-electron chi connectivity index (χ0n) is 35.4. The number of halogens is 24. The molecule has 0 bridgehead atoms. The van der Waals surface area contributed by atoms with Crippen molar-refractivity contribution in [2.45, 2.75) is 126 Å². The molecule has 6 rings (SSSR count). The van der Waals surface area contributed by atoms with Gasteiger partial charge in [0.25, 0.3) is 0 Å². The standard InChI is InChI=1S/C32H12BF24.C12H23N/c34-25(35,36)13-1-14(26(37,38)39)6-21(5-13)33(22-7-15(27(40,41)42)2-16(8-22)28(43,44)45,23-9-17(29(46,47)48)3-18(10-23)30(49,50)51)24-11-19(31(52,53)54)4-20(12-24)32(55,56)57;1-3-7-11(8-4-1)13-12-9-5-2-6-10-12/h1-12H;11-13H,1-10H2/q-1;/p+1. The fourth-order valence-electron chi connectivity index (χ4n) is 9.11. The van der Waals surface area contributed by atoms with Crippen molar-refractivity contribution >= 4 is 28.0 Å². The number of nitrogens with two attached hydrogens (primary N) is 1. The molecule has 0 heterocycles. The Kier molecular flexibility index (Phi) is 15.8. The maximum Gasteiger partial charge on any atom is 0.416 e. The molecule has 388 valence electrons. The Hall–Kier alpha value is -4.78. The van der Waals surface area contributed by atoms with Crippen molar-refractivity contribution < 1.29 is 111 Å². The summed E-state index contributed by atoms with van der Waals surface area (Å²) < 4.78 is 341. The van der Waals surface area contributed by atoms with Crippen molar-refractivity contribution in [1.82, 2.24) is 0 Å². The maximum absolute atomic E-state index is 14.2. The first kappa shape index (κ1) is 56.1. The summed E-state index contributed by atoms with van der Waals surface area (Å²) in [5.74, 6) is 0. The highest BCUT2D eigenvalue weighted by molar-refractivity contribution is 7.20. The first-order valence-corrected chi connectivity index (χ1v) is 20.9. The van der Waals surface area contributed by atoms with Crippen LogP contribution in [0.4, 0.5) is 105 Å². The van der Waals surface area contributed by atoms with Crippen LogP contribution >= 0.6 is 0 Å². The van der Waals surface area contributed by atoms with E-state index in [0.717, 1.165) is 12.1 Å². The van der Waals surface area contributed by atoms with E-state index in [1.54, 1.807) is 0 Å². The van der Waals surface area contributed by atoms with Gasteiger partial charge in [0.2, 0.25) is 0 Å². The van der Waals surface area contributed by atoms with Gasteiger partial charge in [0.1, 0.15) is 6.15 Å². The minimum atomic E-state index is -6.13. The predicted octanol–water partition coefficient (Wildman–Crippen LogP) is 13.4. The van der Waals surface area contributed by atoms with Crippen LogP contribution in [0.5, 0.6) is 0 Å². The third-order valence-electron chi connectivity index (χ3n) is 12.3. The van der Waals surface area contributed by atoms with Crippen LogP contribution in [0.15, 0.2) is 72.8 Å². The number of hydrogen-bond acceptors (Lipinski definition) is 0. The molecule has 0 spiro atoms. The summed E-state index contributed by atoms with van der Waals surface area (Å²) in [7, 11) is 0. The van der Waals surface area contributed by atoms with Gasteiger partial charge >= 0.3 is 49.4 Å². The molecule has 0 unspecified atom stereocenters. The quantitative estimate of drug-likeness (QED) is 0.146. The molecule has 2 aliphatic carbocycles. The predicted molar refractivity (Wildman–Crippen MR) is 206 cm³/mol. The summed E-state index contributed by atoms with van der Waals surface area (Å²) >= 11 is 0. The molecule has 2 saturated carbocycles. The normalized spacial score (nSPS) is 16.8. The molecule has 0 aliphatic heterocycles. The molecule has 2 aliphatic rings. The Bertz CT molecular complexity index is 1980. The van der Waals surface area contributed by atoms with Gasteiger partial charge in [-0.15, -0.1) is 0 Å². The molecule has 0 amide bonds. The Morgan fingerprint density at radius 2 is 0.414 bits per heavy atom. The van der Waals surface area contributed by atoms with Gasteiger partial charge in [-0.2, -0.15) is 127 Å². The Morgan fingerprint density at radius 3 is 0.557 bits per heavy atom.